The van der Waals surface area contributed by atoms with Crippen LogP contribution in [0, 0.1) is 6.08 Å². The van der Waals surface area contributed by atoms with Gasteiger partial charge in [0.15, 0.2) is 0 Å². The Hall–Kier alpha value is 0.576. The first-order valence-corrected chi connectivity index (χ1v) is 11.7. The van der Waals surface area contributed by atoms with Gasteiger partial charge >= 0.3 is 54.2 Å². The Morgan fingerprint density at radius 3 is 1.28 bits per heavy atom. The van der Waals surface area contributed by atoms with Gasteiger partial charge < -0.3 is 15.3 Å². The molecule has 0 aromatic rings. The van der Waals surface area contributed by atoms with E-state index in [-0.39, 0.29) is 44.5 Å². The number of hydrogen-bond acceptors (Lipinski definition) is 3. The molecule has 1 aliphatic rings. The van der Waals surface area contributed by atoms with Crippen LogP contribution in [0.2, 0.25) is 0 Å². The van der Waals surface area contributed by atoms with Gasteiger partial charge in [-0.1, -0.05) is 20.8 Å². The molecule has 0 bridgehead atoms. The quantitative estimate of drug-likeness (QED) is 0.391. The predicted octanol–water partition coefficient (Wildman–Crippen LogP) is 4.39. The molecule has 0 amide bonds. The summed E-state index contributed by atoms with van der Waals surface area (Å²) in [4.78, 5) is 0. The van der Waals surface area contributed by atoms with Gasteiger partial charge in [-0.25, -0.2) is 0 Å². The van der Waals surface area contributed by atoms with Crippen molar-refractivity contribution < 1.29 is 52.0 Å². The second-order valence-corrected chi connectivity index (χ2v) is 8.69. The molecular formula is C17H34F3GeO3Zr-. The topological polar surface area (TPSA) is 60.7 Å². The van der Waals surface area contributed by atoms with Crippen molar-refractivity contribution in [3.63, 3.8) is 0 Å². The Morgan fingerprint density at radius 2 is 1.20 bits per heavy atom. The molecule has 150 valence electrons. The van der Waals surface area contributed by atoms with Crippen LogP contribution >= 0.6 is 0 Å². The molecule has 3 unspecified atom stereocenters. The average molecular weight is 507 g/mol. The smallest absolute Gasteiger partial charge is 0 e. The molecule has 0 saturated heterocycles. The van der Waals surface area contributed by atoms with E-state index in [2.05, 4.69) is 6.08 Å². The molecule has 25 heavy (non-hydrogen) atoms. The van der Waals surface area contributed by atoms with Gasteiger partial charge in [-0.2, -0.15) is 0 Å². The summed E-state index contributed by atoms with van der Waals surface area (Å²) in [5, 5.41) is 25.1. The summed E-state index contributed by atoms with van der Waals surface area (Å²) >= 11 is -5.96. The summed E-state index contributed by atoms with van der Waals surface area (Å²) in [6.07, 6.45) is 7.44. The third-order valence-electron chi connectivity index (χ3n) is 2.77. The monoisotopic (exact) mass is 507 g/mol. The van der Waals surface area contributed by atoms with Gasteiger partial charge in [-0.15, -0.1) is 0 Å². The van der Waals surface area contributed by atoms with Gasteiger partial charge in [0, 0.05) is 26.2 Å². The van der Waals surface area contributed by atoms with E-state index in [0.717, 1.165) is 25.3 Å². The minimum atomic E-state index is -5.96. The van der Waals surface area contributed by atoms with Crippen LogP contribution in [0.25, 0.3) is 0 Å². The Morgan fingerprint density at radius 1 is 0.920 bits per heavy atom. The third-order valence-corrected chi connectivity index (χ3v) is 4.77. The van der Waals surface area contributed by atoms with Crippen molar-refractivity contribution in [2.45, 2.75) is 85.5 Å². The predicted molar refractivity (Wildman–Crippen MR) is 95.5 cm³/mol. The summed E-state index contributed by atoms with van der Waals surface area (Å²) in [6, 6.07) is 0. The van der Waals surface area contributed by atoms with E-state index in [4.69, 9.17) is 15.3 Å². The molecule has 3 atom stereocenters. The summed E-state index contributed by atoms with van der Waals surface area (Å²) in [5.41, 5.74) is 0. The molecule has 0 radical (unpaired) electrons. The maximum absolute atomic E-state index is 11.8. The van der Waals surface area contributed by atoms with Crippen molar-refractivity contribution >= 4 is 14.7 Å². The largest absolute Gasteiger partial charge is 0 e. The summed E-state index contributed by atoms with van der Waals surface area (Å²) in [6.45, 7) is 11.2. The van der Waals surface area contributed by atoms with E-state index in [0.29, 0.717) is 6.42 Å². The molecule has 3 N–H and O–H groups in total. The number of aliphatic hydroxyl groups is 3. The standard InChI is InChI=1S/C5H4F3Ge.3C4H10O.Zr/c6-9(7,8)5-3-1-2-4-5;3*1-3-4(2)5;/h1,3H,2H2;3*4-5H,3H2,1-2H3;/q-1;;;;. The molecule has 0 aromatic heterocycles. The van der Waals surface area contributed by atoms with E-state index in [1.807, 2.05) is 20.8 Å². The van der Waals surface area contributed by atoms with E-state index >= 15 is 0 Å². The van der Waals surface area contributed by atoms with Crippen LogP contribution in [-0.4, -0.2) is 48.3 Å². The first kappa shape index (κ1) is 33.2. The molecule has 0 spiro atoms. The first-order chi connectivity index (χ1) is 10.9. The van der Waals surface area contributed by atoms with E-state index in [1.165, 1.54) is 6.08 Å². The normalized spacial score (nSPS) is 15.6. The summed E-state index contributed by atoms with van der Waals surface area (Å²) < 4.78 is 34.9. The Kier molecular flexibility index (Phi) is 27.7. The fourth-order valence-corrected chi connectivity index (χ4v) is 1.88. The zero-order chi connectivity index (χ0) is 19.8. The molecule has 0 heterocycles. The second-order valence-electron chi connectivity index (χ2n) is 5.47. The van der Waals surface area contributed by atoms with Crippen molar-refractivity contribution in [1.29, 1.82) is 0 Å². The maximum atomic E-state index is 11.8. The summed E-state index contributed by atoms with van der Waals surface area (Å²) in [5.74, 6) is 0. The van der Waals surface area contributed by atoms with Crippen LogP contribution in [0.5, 0.6) is 0 Å². The van der Waals surface area contributed by atoms with Crippen molar-refractivity contribution in [3.8, 4) is 0 Å². The SMILES string of the molecule is CCC(C)O.CCC(C)O.CCC(C)O.[F][Ge]([F])([F])[C]1=[C-]CC=C1.[Zr]. The number of hydrogen-bond donors (Lipinski definition) is 3. The Balaban J connectivity index is -0.000000122. The molecule has 0 fully saturated rings. The van der Waals surface area contributed by atoms with Gasteiger partial charge in [-0.3, -0.25) is 0 Å². The molecule has 1 aliphatic carbocycles. The second kappa shape index (κ2) is 20.9. The zero-order valence-corrected chi connectivity index (χ0v) is 20.7. The van der Waals surface area contributed by atoms with Crippen molar-refractivity contribution in [2.75, 3.05) is 0 Å². The van der Waals surface area contributed by atoms with Crippen LogP contribution in [0.4, 0.5) is 10.5 Å². The van der Waals surface area contributed by atoms with Gasteiger partial charge in [0.2, 0.25) is 0 Å². The summed E-state index contributed by atoms with van der Waals surface area (Å²) in [7, 11) is 0. The number of allylic oxidation sites excluding steroid dienone is 4. The van der Waals surface area contributed by atoms with Crippen LogP contribution in [0.3, 0.4) is 0 Å². The average Bonchev–Trinajstić information content (AvgIpc) is 3.03. The van der Waals surface area contributed by atoms with Crippen molar-refractivity contribution in [1.82, 2.24) is 0 Å². The zero-order valence-electron chi connectivity index (χ0n) is 16.2. The molecule has 0 aliphatic heterocycles. The molecular weight excluding hydrogens is 473 g/mol. The molecule has 8 heteroatoms. The molecule has 0 saturated carbocycles. The van der Waals surface area contributed by atoms with Crippen LogP contribution in [0.1, 0.15) is 67.2 Å². The van der Waals surface area contributed by atoms with E-state index in [9.17, 15) is 10.5 Å². The van der Waals surface area contributed by atoms with Crippen molar-refractivity contribution in [2.24, 2.45) is 0 Å². The number of halogens is 3. The third kappa shape index (κ3) is 32.7. The van der Waals surface area contributed by atoms with Gasteiger partial charge in [-0.05, 0) is 40.0 Å². The Bertz CT molecular complexity index is 313. The van der Waals surface area contributed by atoms with Gasteiger partial charge in [0.05, 0.1) is 18.3 Å². The fourth-order valence-electron chi connectivity index (χ4n) is 0.599. The fraction of sp³-hybridized carbons (Fsp3) is 0.765. The van der Waals surface area contributed by atoms with Crippen LogP contribution in [0.15, 0.2) is 16.6 Å². The minimum Gasteiger partial charge on any atom is 0 e. The molecule has 3 nitrogen and oxygen atoms in total. The van der Waals surface area contributed by atoms with E-state index < -0.39 is 19.1 Å². The van der Waals surface area contributed by atoms with Gasteiger partial charge in [0.1, 0.15) is 0 Å². The van der Waals surface area contributed by atoms with Gasteiger partial charge in [0.25, 0.3) is 0 Å². The first-order valence-electron chi connectivity index (χ1n) is 8.30. The molecule has 0 aromatic carbocycles. The maximum Gasteiger partial charge on any atom is 0 e. The van der Waals surface area contributed by atoms with E-state index in [1.54, 1.807) is 20.8 Å². The molecule has 1 rings (SSSR count). The number of rotatable bonds is 4. The minimum absolute atomic E-state index is 0. The van der Waals surface area contributed by atoms with Crippen LogP contribution < -0.4 is 0 Å². The number of aliphatic hydroxyl groups excluding tert-OH is 3. The van der Waals surface area contributed by atoms with Crippen molar-refractivity contribution in [3.05, 3.63) is 22.6 Å². The van der Waals surface area contributed by atoms with Crippen LogP contribution in [-0.2, 0) is 26.2 Å². The Labute approximate surface area is 174 Å².